The molecule has 6 aromatic carbocycles. The number of hydrogen-bond donors (Lipinski definition) is 4. The molecule has 2 aliphatic heterocycles. The smallest absolute Gasteiger partial charge is 0.241 e. The van der Waals surface area contributed by atoms with Crippen LogP contribution in [0.2, 0.25) is 10.0 Å². The van der Waals surface area contributed by atoms with Gasteiger partial charge in [-0.05, 0) is 82.6 Å². The van der Waals surface area contributed by atoms with Crippen LogP contribution in [0.25, 0.3) is 20.2 Å². The van der Waals surface area contributed by atoms with Gasteiger partial charge in [-0.1, -0.05) is 96.0 Å². The van der Waals surface area contributed by atoms with Gasteiger partial charge in [0.15, 0.2) is 23.0 Å². The third-order valence-electron chi connectivity index (χ3n) is 10.6. The Morgan fingerprint density at radius 2 is 0.848 bits per heavy atom. The van der Waals surface area contributed by atoms with Crippen molar-refractivity contribution in [3.05, 3.63) is 177 Å². The molecule has 0 saturated heterocycles. The number of aliphatic hydroxyl groups excluding tert-OH is 2. The van der Waals surface area contributed by atoms with Crippen molar-refractivity contribution in [3.8, 4) is 23.0 Å². The monoisotopic (exact) mass is 1000 g/mol. The van der Waals surface area contributed by atoms with Gasteiger partial charge in [0.25, 0.3) is 0 Å². The van der Waals surface area contributed by atoms with Gasteiger partial charge in [0.2, 0.25) is 20.0 Å². The lowest BCUT2D eigenvalue weighted by molar-refractivity contribution is 0.0801. The van der Waals surface area contributed by atoms with E-state index < -0.39 is 44.3 Å². The SMILES string of the molecule is O=S(=O)(NC(c1cc2ccccc2s1)c1ccccc1Cl)c1ccc2c(c1)OC[C@@H](O)CO2.O=S(=O)(NC(c1cc2ccccc2s1)c1ccccc1Cl)c1ccc2c(c1)OC[C@H](O)CO2. The van der Waals surface area contributed by atoms with Gasteiger partial charge in [-0.15, -0.1) is 22.7 Å². The number of benzene rings is 6. The minimum Gasteiger partial charge on any atom is -0.487 e. The Labute approximate surface area is 399 Å². The van der Waals surface area contributed by atoms with Gasteiger partial charge in [0.05, 0.1) is 21.9 Å². The van der Waals surface area contributed by atoms with Gasteiger partial charge in [0.1, 0.15) is 38.6 Å². The van der Waals surface area contributed by atoms with E-state index in [1.807, 2.05) is 84.9 Å². The van der Waals surface area contributed by atoms with Crippen LogP contribution >= 0.6 is 45.9 Å². The highest BCUT2D eigenvalue weighted by Gasteiger charge is 2.30. The predicted octanol–water partition coefficient (Wildman–Crippen LogP) is 9.51. The van der Waals surface area contributed by atoms with Gasteiger partial charge in [-0.25, -0.2) is 16.8 Å². The third kappa shape index (κ3) is 10.2. The molecule has 2 aliphatic rings. The van der Waals surface area contributed by atoms with Gasteiger partial charge in [-0.2, -0.15) is 9.44 Å². The number of nitrogens with one attached hydrogen (secondary N) is 2. The molecule has 4 atom stereocenters. The number of fused-ring (bicyclic) bond motifs is 4. The van der Waals surface area contributed by atoms with Crippen LogP contribution < -0.4 is 28.4 Å². The zero-order chi connectivity index (χ0) is 46.0. The van der Waals surface area contributed by atoms with Crippen LogP contribution in [0.3, 0.4) is 0 Å². The van der Waals surface area contributed by atoms with Crippen LogP contribution in [0.4, 0.5) is 0 Å². The Balaban J connectivity index is 0.000000166. The molecular weight excluding hydrogens is 964 g/mol. The zero-order valence-corrected chi connectivity index (χ0v) is 39.3. The molecule has 66 heavy (non-hydrogen) atoms. The van der Waals surface area contributed by atoms with E-state index in [0.29, 0.717) is 32.7 Å². The van der Waals surface area contributed by atoms with Crippen LogP contribution in [-0.4, -0.2) is 65.7 Å². The van der Waals surface area contributed by atoms with Crippen molar-refractivity contribution in [3.63, 3.8) is 0 Å². The van der Waals surface area contributed by atoms with E-state index >= 15 is 0 Å². The molecule has 2 aromatic heterocycles. The van der Waals surface area contributed by atoms with Gasteiger partial charge >= 0.3 is 0 Å². The van der Waals surface area contributed by atoms with E-state index in [4.69, 9.17) is 42.1 Å². The summed E-state index contributed by atoms with van der Waals surface area (Å²) in [6.07, 6.45) is -1.57. The highest BCUT2D eigenvalue weighted by Crippen LogP contribution is 2.40. The van der Waals surface area contributed by atoms with Crippen molar-refractivity contribution in [2.75, 3.05) is 26.4 Å². The van der Waals surface area contributed by atoms with Crippen molar-refractivity contribution in [2.24, 2.45) is 0 Å². The number of thiophene rings is 2. The van der Waals surface area contributed by atoms with Gasteiger partial charge in [-0.3, -0.25) is 0 Å². The van der Waals surface area contributed by atoms with Crippen molar-refractivity contribution >= 4 is 86.1 Å². The summed E-state index contributed by atoms with van der Waals surface area (Å²) in [6.45, 7) is 0.206. The topological polar surface area (TPSA) is 170 Å². The van der Waals surface area contributed by atoms with Crippen LogP contribution in [0.15, 0.2) is 155 Å². The average Bonchev–Trinajstić information content (AvgIpc) is 3.84. The number of hydrogen-bond acceptors (Lipinski definition) is 12. The average molecular weight is 1000 g/mol. The van der Waals surface area contributed by atoms with E-state index in [2.05, 4.69) is 9.44 Å². The summed E-state index contributed by atoms with van der Waals surface area (Å²) in [5.74, 6) is 1.31. The summed E-state index contributed by atoms with van der Waals surface area (Å²) >= 11 is 16.0. The van der Waals surface area contributed by atoms with Crippen LogP contribution in [0, 0.1) is 0 Å². The number of sulfonamides is 2. The summed E-state index contributed by atoms with van der Waals surface area (Å²) in [6, 6.07) is 41.5. The van der Waals surface area contributed by atoms with Crippen molar-refractivity contribution < 1.29 is 46.0 Å². The highest BCUT2D eigenvalue weighted by atomic mass is 35.5. The number of aliphatic hydroxyl groups is 2. The van der Waals surface area contributed by atoms with Gasteiger partial charge in [0, 0.05) is 41.3 Å². The third-order valence-corrected chi connectivity index (χ3v) is 16.5. The second-order valence-corrected chi connectivity index (χ2v) is 21.8. The van der Waals surface area contributed by atoms with Gasteiger partial charge < -0.3 is 29.2 Å². The molecule has 340 valence electrons. The fourth-order valence-corrected chi connectivity index (χ4v) is 12.6. The van der Waals surface area contributed by atoms with Crippen LogP contribution in [0.1, 0.15) is 33.0 Å². The summed E-state index contributed by atoms with van der Waals surface area (Å²) in [5, 5.41) is 22.5. The minimum absolute atomic E-state index is 0.0218. The first-order chi connectivity index (χ1) is 31.8. The molecule has 4 heterocycles. The summed E-state index contributed by atoms with van der Waals surface area (Å²) in [7, 11) is -7.94. The Morgan fingerprint density at radius 3 is 1.24 bits per heavy atom. The molecule has 0 radical (unpaired) electrons. The standard InChI is InChI=1S/2C24H20ClNO5S2/c2*25-19-7-3-2-6-18(19)24(23-11-15-5-1-4-8-22(15)32-23)26-33(28,29)17-9-10-20-21(12-17)31-14-16(27)13-30-20/h2*1-12,16,24,26-27H,13-14H2/t2*16-,24?/m10/s1. The molecule has 4 N–H and O–H groups in total. The molecule has 0 fully saturated rings. The number of ether oxygens (including phenoxy) is 4. The van der Waals surface area contributed by atoms with Crippen molar-refractivity contribution in [2.45, 2.75) is 34.1 Å². The largest absolute Gasteiger partial charge is 0.487 e. The van der Waals surface area contributed by atoms with E-state index in [9.17, 15) is 27.0 Å². The molecule has 8 aromatic rings. The maximum atomic E-state index is 13.5. The maximum Gasteiger partial charge on any atom is 0.241 e. The van der Waals surface area contributed by atoms with Crippen molar-refractivity contribution in [1.29, 1.82) is 0 Å². The normalized spacial score (nSPS) is 17.0. The van der Waals surface area contributed by atoms with E-state index in [0.717, 1.165) is 29.9 Å². The molecule has 0 bridgehead atoms. The number of halogens is 2. The summed E-state index contributed by atoms with van der Waals surface area (Å²) < 4.78 is 83.7. The Hall–Kier alpha value is -5.24. The summed E-state index contributed by atoms with van der Waals surface area (Å²) in [5.41, 5.74) is 1.32. The predicted molar refractivity (Wildman–Crippen MR) is 258 cm³/mol. The molecular formula is C48H40Cl2N2O10S4. The van der Waals surface area contributed by atoms with Crippen LogP contribution in [-0.2, 0) is 20.0 Å². The summed E-state index contributed by atoms with van der Waals surface area (Å²) in [4.78, 5) is 1.70. The molecule has 0 amide bonds. The lowest BCUT2D eigenvalue weighted by atomic mass is 10.1. The fraction of sp³-hybridized carbons (Fsp3) is 0.167. The lowest BCUT2D eigenvalue weighted by Crippen LogP contribution is -2.29. The Morgan fingerprint density at radius 1 is 0.485 bits per heavy atom. The van der Waals surface area contributed by atoms with Crippen LogP contribution in [0.5, 0.6) is 23.0 Å². The molecule has 2 unspecified atom stereocenters. The molecule has 10 rings (SSSR count). The molecule has 12 nitrogen and oxygen atoms in total. The molecule has 0 spiro atoms. The van der Waals surface area contributed by atoms with Crippen molar-refractivity contribution in [1.82, 2.24) is 9.44 Å². The second kappa shape index (κ2) is 19.5. The highest BCUT2D eigenvalue weighted by molar-refractivity contribution is 7.89. The first-order valence-corrected chi connectivity index (χ1v) is 25.8. The minimum atomic E-state index is -3.97. The van der Waals surface area contributed by atoms with E-state index in [-0.39, 0.29) is 47.7 Å². The van der Waals surface area contributed by atoms with E-state index in [1.165, 1.54) is 59.1 Å². The Kier molecular flexibility index (Phi) is 13.6. The molecule has 0 saturated carbocycles. The molecule has 18 heteroatoms. The fourth-order valence-electron chi connectivity index (χ4n) is 7.32. The first-order valence-electron chi connectivity index (χ1n) is 20.5. The molecule has 0 aliphatic carbocycles. The zero-order valence-electron chi connectivity index (χ0n) is 34.5. The maximum absolute atomic E-state index is 13.5. The first kappa shape index (κ1) is 45.9. The lowest BCUT2D eigenvalue weighted by Gasteiger charge is -2.20. The second-order valence-electron chi connectivity index (χ2n) is 15.3. The number of rotatable bonds is 10. The quantitative estimate of drug-likeness (QED) is 0.104. The van der Waals surface area contributed by atoms with E-state index in [1.54, 1.807) is 24.3 Å². The Bertz CT molecular complexity index is 2990.